The minimum Gasteiger partial charge on any atom is -0.392 e. The Morgan fingerprint density at radius 1 is 0.895 bits per heavy atom. The predicted octanol–water partition coefficient (Wildman–Crippen LogP) is 5.61. The van der Waals surface area contributed by atoms with Gasteiger partial charge < -0.3 is 5.11 Å². The standard InChI is InChI=1S/C14H20O.2C2H6/c1-5-8-14(7-3)12(4)9-10-13(6-2)11-15;2*1-2/h5-10,15H,4,11H2,1-3H3;2*1-2H3/b8-5-,10-9-,13-6+,14-7+;;. The van der Waals surface area contributed by atoms with Crippen molar-refractivity contribution in [2.75, 3.05) is 6.61 Å². The van der Waals surface area contributed by atoms with E-state index in [0.717, 1.165) is 16.7 Å². The van der Waals surface area contributed by atoms with Crippen LogP contribution >= 0.6 is 0 Å². The molecule has 0 aliphatic rings. The molecule has 1 nitrogen and oxygen atoms in total. The minimum absolute atomic E-state index is 0.0646. The second-order valence-corrected chi connectivity index (χ2v) is 3.12. The van der Waals surface area contributed by atoms with Crippen LogP contribution < -0.4 is 0 Å². The molecule has 0 aromatic heterocycles. The largest absolute Gasteiger partial charge is 0.392 e. The molecule has 0 saturated heterocycles. The Labute approximate surface area is 120 Å². The van der Waals surface area contributed by atoms with E-state index in [-0.39, 0.29) is 6.61 Å². The average Bonchev–Trinajstić information content (AvgIpc) is 2.49. The molecule has 1 heteroatoms. The van der Waals surface area contributed by atoms with Crippen LogP contribution in [0, 0.1) is 0 Å². The Kier molecular flexibility index (Phi) is 22.8. The van der Waals surface area contributed by atoms with E-state index in [1.165, 1.54) is 0 Å². The van der Waals surface area contributed by atoms with Crippen LogP contribution in [0.15, 0.2) is 59.8 Å². The molecular weight excluding hydrogens is 232 g/mol. The van der Waals surface area contributed by atoms with Gasteiger partial charge in [-0.1, -0.05) is 70.7 Å². The number of aliphatic hydroxyl groups is 1. The highest BCUT2D eigenvalue weighted by Crippen LogP contribution is 2.12. The van der Waals surface area contributed by atoms with E-state index in [1.807, 2.05) is 84.9 Å². The SMILES string of the molecule is C=C(/C=C\C(=C/C)CO)C(/C=C\C)=C/C.CC.CC. The van der Waals surface area contributed by atoms with Crippen LogP contribution in [0.4, 0.5) is 0 Å². The lowest BCUT2D eigenvalue weighted by atomic mass is 10.1. The van der Waals surface area contributed by atoms with Gasteiger partial charge in [-0.3, -0.25) is 0 Å². The summed E-state index contributed by atoms with van der Waals surface area (Å²) < 4.78 is 0. The molecule has 0 spiro atoms. The molecule has 110 valence electrons. The zero-order valence-corrected chi connectivity index (χ0v) is 13.8. The van der Waals surface area contributed by atoms with Crippen LogP contribution in [0.3, 0.4) is 0 Å². The molecule has 0 aromatic rings. The molecule has 0 heterocycles. The highest BCUT2D eigenvalue weighted by molar-refractivity contribution is 5.45. The van der Waals surface area contributed by atoms with E-state index in [9.17, 15) is 0 Å². The molecule has 0 unspecified atom stereocenters. The molecule has 0 atom stereocenters. The molecule has 0 aliphatic heterocycles. The van der Waals surface area contributed by atoms with Crippen molar-refractivity contribution in [1.29, 1.82) is 0 Å². The molecule has 0 aliphatic carbocycles. The first-order valence-corrected chi connectivity index (χ1v) is 7.12. The Bertz CT molecular complexity index is 315. The van der Waals surface area contributed by atoms with Gasteiger partial charge in [0.2, 0.25) is 0 Å². The summed E-state index contributed by atoms with van der Waals surface area (Å²) in [6.45, 7) is 17.9. The van der Waals surface area contributed by atoms with Gasteiger partial charge in [-0.15, -0.1) is 0 Å². The number of hydrogen-bond donors (Lipinski definition) is 1. The number of aliphatic hydroxyl groups excluding tert-OH is 1. The normalized spacial score (nSPS) is 11.8. The lowest BCUT2D eigenvalue weighted by molar-refractivity contribution is 0.335. The Morgan fingerprint density at radius 2 is 1.42 bits per heavy atom. The maximum atomic E-state index is 8.96. The highest BCUT2D eigenvalue weighted by Gasteiger charge is 1.93. The Hall–Kier alpha value is -1.34. The first-order valence-electron chi connectivity index (χ1n) is 7.12. The molecule has 1 N–H and O–H groups in total. The van der Waals surface area contributed by atoms with Crippen LogP contribution in [0.25, 0.3) is 0 Å². The van der Waals surface area contributed by atoms with Crippen molar-refractivity contribution in [2.24, 2.45) is 0 Å². The van der Waals surface area contributed by atoms with Crippen molar-refractivity contribution in [3.63, 3.8) is 0 Å². The molecule has 0 saturated carbocycles. The van der Waals surface area contributed by atoms with Gasteiger partial charge in [0, 0.05) is 0 Å². The summed E-state index contributed by atoms with van der Waals surface area (Å²) in [5.41, 5.74) is 2.94. The van der Waals surface area contributed by atoms with Gasteiger partial charge in [0.1, 0.15) is 0 Å². The third kappa shape index (κ3) is 12.9. The van der Waals surface area contributed by atoms with Crippen molar-refractivity contribution in [3.8, 4) is 0 Å². The smallest absolute Gasteiger partial charge is 0.0678 e. The molecule has 0 aromatic carbocycles. The molecule has 0 radical (unpaired) electrons. The van der Waals surface area contributed by atoms with Crippen molar-refractivity contribution < 1.29 is 5.11 Å². The van der Waals surface area contributed by atoms with Crippen LogP contribution in [-0.2, 0) is 0 Å². The van der Waals surface area contributed by atoms with E-state index in [4.69, 9.17) is 5.11 Å². The van der Waals surface area contributed by atoms with Gasteiger partial charge >= 0.3 is 0 Å². The van der Waals surface area contributed by atoms with Gasteiger partial charge in [-0.25, -0.2) is 0 Å². The molecule has 0 bridgehead atoms. The first kappa shape index (κ1) is 22.8. The molecule has 0 amide bonds. The van der Waals surface area contributed by atoms with E-state index in [1.54, 1.807) is 0 Å². The Balaban J connectivity index is -0.000000579. The molecular formula is C18H32O. The summed E-state index contributed by atoms with van der Waals surface area (Å²) in [5, 5.41) is 8.96. The predicted molar refractivity (Wildman–Crippen MR) is 90.4 cm³/mol. The van der Waals surface area contributed by atoms with Crippen LogP contribution in [0.5, 0.6) is 0 Å². The number of hydrogen-bond acceptors (Lipinski definition) is 1. The summed E-state index contributed by atoms with van der Waals surface area (Å²) >= 11 is 0. The third-order valence-corrected chi connectivity index (χ3v) is 2.08. The van der Waals surface area contributed by atoms with Gasteiger partial charge in [0.25, 0.3) is 0 Å². The van der Waals surface area contributed by atoms with Gasteiger partial charge in [-0.05, 0) is 37.5 Å². The van der Waals surface area contributed by atoms with E-state index in [0.29, 0.717) is 0 Å². The lowest BCUT2D eigenvalue weighted by Gasteiger charge is -2.01. The fraction of sp³-hybridized carbons (Fsp3) is 0.444. The summed E-state index contributed by atoms with van der Waals surface area (Å²) in [6.07, 6.45) is 11.7. The second kappa shape index (κ2) is 19.0. The maximum Gasteiger partial charge on any atom is 0.0678 e. The second-order valence-electron chi connectivity index (χ2n) is 3.12. The van der Waals surface area contributed by atoms with Crippen molar-refractivity contribution >= 4 is 0 Å². The minimum atomic E-state index is 0.0646. The average molecular weight is 264 g/mol. The molecule has 0 fully saturated rings. The molecule has 19 heavy (non-hydrogen) atoms. The maximum absolute atomic E-state index is 8.96. The van der Waals surface area contributed by atoms with Crippen molar-refractivity contribution in [1.82, 2.24) is 0 Å². The summed E-state index contributed by atoms with van der Waals surface area (Å²) in [7, 11) is 0. The zero-order chi connectivity index (χ0) is 15.7. The number of rotatable bonds is 5. The summed E-state index contributed by atoms with van der Waals surface area (Å²) in [6, 6.07) is 0. The topological polar surface area (TPSA) is 20.2 Å². The van der Waals surface area contributed by atoms with Gasteiger partial charge in [0.05, 0.1) is 6.61 Å². The van der Waals surface area contributed by atoms with E-state index in [2.05, 4.69) is 6.58 Å². The van der Waals surface area contributed by atoms with Crippen molar-refractivity contribution in [2.45, 2.75) is 48.5 Å². The third-order valence-electron chi connectivity index (χ3n) is 2.08. The van der Waals surface area contributed by atoms with Crippen LogP contribution in [0.2, 0.25) is 0 Å². The number of allylic oxidation sites excluding steroid dienone is 7. The quantitative estimate of drug-likeness (QED) is 0.640. The highest BCUT2D eigenvalue weighted by atomic mass is 16.3. The van der Waals surface area contributed by atoms with E-state index < -0.39 is 0 Å². The fourth-order valence-corrected chi connectivity index (χ4v) is 1.11. The summed E-state index contributed by atoms with van der Waals surface area (Å²) in [4.78, 5) is 0. The van der Waals surface area contributed by atoms with Crippen LogP contribution in [-0.4, -0.2) is 11.7 Å². The summed E-state index contributed by atoms with van der Waals surface area (Å²) in [5.74, 6) is 0. The molecule has 0 rings (SSSR count). The van der Waals surface area contributed by atoms with Crippen LogP contribution in [0.1, 0.15) is 48.5 Å². The lowest BCUT2D eigenvalue weighted by Crippen LogP contribution is -1.86. The Morgan fingerprint density at radius 3 is 1.74 bits per heavy atom. The van der Waals surface area contributed by atoms with Gasteiger partial charge in [-0.2, -0.15) is 0 Å². The van der Waals surface area contributed by atoms with Gasteiger partial charge in [0.15, 0.2) is 0 Å². The fourth-order valence-electron chi connectivity index (χ4n) is 1.11. The first-order chi connectivity index (χ1) is 9.19. The monoisotopic (exact) mass is 264 g/mol. The zero-order valence-electron chi connectivity index (χ0n) is 13.8. The van der Waals surface area contributed by atoms with E-state index >= 15 is 0 Å². The van der Waals surface area contributed by atoms with Crippen molar-refractivity contribution in [3.05, 3.63) is 59.8 Å².